The van der Waals surface area contributed by atoms with E-state index in [0.717, 1.165) is 17.0 Å². The second kappa shape index (κ2) is 10.7. The van der Waals surface area contributed by atoms with Gasteiger partial charge in [0.1, 0.15) is 5.54 Å². The zero-order valence-corrected chi connectivity index (χ0v) is 22.1. The van der Waals surface area contributed by atoms with Crippen molar-refractivity contribution in [3.05, 3.63) is 29.3 Å². The SMILES string of the molecule is CC1(C)C(=O)N(c2ccc(C#N)c(C(F)(F)F)c2)C(=S)N1[C@H]1CC[C@H](OCCC2CCNCC2(F)F)CC1. The van der Waals surface area contributed by atoms with Crippen molar-refractivity contribution in [2.24, 2.45) is 5.92 Å². The van der Waals surface area contributed by atoms with Crippen LogP contribution in [0, 0.1) is 17.2 Å². The third kappa shape index (κ3) is 5.51. The van der Waals surface area contributed by atoms with Crippen LogP contribution in [0.4, 0.5) is 27.6 Å². The molecule has 4 rings (SSSR count). The molecule has 0 spiro atoms. The number of alkyl halides is 5. The Morgan fingerprint density at radius 1 is 1.18 bits per heavy atom. The molecule has 1 aliphatic carbocycles. The van der Waals surface area contributed by atoms with Crippen LogP contribution in [0.1, 0.15) is 63.5 Å². The van der Waals surface area contributed by atoms with Gasteiger partial charge in [-0.25, -0.2) is 8.78 Å². The lowest BCUT2D eigenvalue weighted by molar-refractivity contribution is -0.137. The fourth-order valence-electron chi connectivity index (χ4n) is 5.74. The second-order valence-electron chi connectivity index (χ2n) is 10.7. The lowest BCUT2D eigenvalue weighted by Gasteiger charge is -2.41. The van der Waals surface area contributed by atoms with E-state index in [1.165, 1.54) is 6.07 Å². The number of carbonyl (C=O) groups excluding carboxylic acids is 1. The third-order valence-electron chi connectivity index (χ3n) is 7.87. The summed E-state index contributed by atoms with van der Waals surface area (Å²) in [7, 11) is 0. The molecule has 12 heteroatoms. The minimum Gasteiger partial charge on any atom is -0.378 e. The van der Waals surface area contributed by atoms with Gasteiger partial charge in [0.2, 0.25) is 0 Å². The van der Waals surface area contributed by atoms with Gasteiger partial charge < -0.3 is 15.0 Å². The number of hydrogen-bond acceptors (Lipinski definition) is 5. The summed E-state index contributed by atoms with van der Waals surface area (Å²) in [6.07, 6.45) is -1.54. The first-order chi connectivity index (χ1) is 17.8. The van der Waals surface area contributed by atoms with Gasteiger partial charge in [0.15, 0.2) is 5.11 Å². The van der Waals surface area contributed by atoms with E-state index in [-0.39, 0.29) is 36.1 Å². The normalized spacial score (nSPS) is 27.5. The summed E-state index contributed by atoms with van der Waals surface area (Å²) in [5.74, 6) is -3.87. The van der Waals surface area contributed by atoms with Gasteiger partial charge in [0.25, 0.3) is 11.8 Å². The van der Waals surface area contributed by atoms with E-state index < -0.39 is 40.6 Å². The Kier molecular flexibility index (Phi) is 8.04. The standard InChI is InChI=1S/C26H31F5N4O2S/c1-24(2)22(36)34(19-4-3-16(14-32)21(13-19)26(29,30)31)23(38)35(24)18-5-7-20(8-6-18)37-12-10-17-9-11-33-15-25(17,27)28/h3-4,13,17-18,20,33H,5-12,15H2,1-2H3/t17?,18-,20-. The van der Waals surface area contributed by atoms with Crippen molar-refractivity contribution in [1.82, 2.24) is 10.2 Å². The topological polar surface area (TPSA) is 68.6 Å². The van der Waals surface area contributed by atoms with Gasteiger partial charge in [-0.1, -0.05) is 0 Å². The average Bonchev–Trinajstić information content (AvgIpc) is 3.03. The molecule has 6 nitrogen and oxygen atoms in total. The van der Waals surface area contributed by atoms with Crippen molar-refractivity contribution >= 4 is 28.9 Å². The lowest BCUT2D eigenvalue weighted by Crippen LogP contribution is -2.51. The number of piperidine rings is 1. The molecule has 1 atom stereocenters. The van der Waals surface area contributed by atoms with E-state index in [1.54, 1.807) is 24.8 Å². The van der Waals surface area contributed by atoms with Crippen molar-refractivity contribution in [2.75, 3.05) is 24.6 Å². The number of thiocarbonyl (C=S) groups is 1. The van der Waals surface area contributed by atoms with Crippen LogP contribution >= 0.6 is 12.2 Å². The van der Waals surface area contributed by atoms with Crippen LogP contribution in [0.5, 0.6) is 0 Å². The molecule has 1 amide bonds. The van der Waals surface area contributed by atoms with Gasteiger partial charge in [-0.15, -0.1) is 0 Å². The van der Waals surface area contributed by atoms with E-state index in [9.17, 15) is 26.7 Å². The van der Waals surface area contributed by atoms with Crippen LogP contribution in [0.3, 0.4) is 0 Å². The molecular weight excluding hydrogens is 527 g/mol. The molecule has 3 aliphatic rings. The molecule has 2 heterocycles. The van der Waals surface area contributed by atoms with Crippen molar-refractivity contribution in [1.29, 1.82) is 5.26 Å². The Labute approximate surface area is 224 Å². The Morgan fingerprint density at radius 3 is 2.47 bits per heavy atom. The first kappa shape index (κ1) is 28.6. The Morgan fingerprint density at radius 2 is 1.87 bits per heavy atom. The highest BCUT2D eigenvalue weighted by atomic mass is 32.1. The van der Waals surface area contributed by atoms with Crippen LogP contribution in [0.15, 0.2) is 18.2 Å². The first-order valence-corrected chi connectivity index (χ1v) is 13.2. The van der Waals surface area contributed by atoms with Crippen LogP contribution in [-0.4, -0.2) is 59.2 Å². The molecular formula is C26H31F5N4O2S. The summed E-state index contributed by atoms with van der Waals surface area (Å²) >= 11 is 5.62. The molecule has 0 aromatic heterocycles. The molecule has 0 radical (unpaired) electrons. The van der Waals surface area contributed by atoms with E-state index in [2.05, 4.69) is 5.32 Å². The van der Waals surface area contributed by atoms with Gasteiger partial charge in [0, 0.05) is 18.6 Å². The van der Waals surface area contributed by atoms with E-state index in [1.807, 2.05) is 0 Å². The maximum atomic E-state index is 14.0. The largest absolute Gasteiger partial charge is 0.417 e. The van der Waals surface area contributed by atoms with E-state index in [4.69, 9.17) is 22.2 Å². The van der Waals surface area contributed by atoms with Crippen molar-refractivity contribution in [3.63, 3.8) is 0 Å². The predicted octanol–water partition coefficient (Wildman–Crippen LogP) is 5.25. The summed E-state index contributed by atoms with van der Waals surface area (Å²) in [6.45, 7) is 3.92. The number of halogens is 5. The number of nitrogens with one attached hydrogen (secondary N) is 1. The number of hydrogen-bond donors (Lipinski definition) is 1. The molecule has 1 aromatic rings. The first-order valence-electron chi connectivity index (χ1n) is 12.8. The predicted molar refractivity (Wildman–Crippen MR) is 135 cm³/mol. The second-order valence-corrected chi connectivity index (χ2v) is 11.1. The smallest absolute Gasteiger partial charge is 0.378 e. The quantitative estimate of drug-likeness (QED) is 0.380. The van der Waals surface area contributed by atoms with Crippen LogP contribution < -0.4 is 10.2 Å². The summed E-state index contributed by atoms with van der Waals surface area (Å²) in [6, 6.07) is 4.56. The Balaban J connectivity index is 1.41. The average molecular weight is 559 g/mol. The number of nitrogens with zero attached hydrogens (tertiary/aromatic N) is 3. The Hall–Kier alpha value is -2.36. The number of nitriles is 1. The van der Waals surface area contributed by atoms with Crippen LogP contribution in [0.2, 0.25) is 0 Å². The summed E-state index contributed by atoms with van der Waals surface area (Å²) < 4.78 is 74.6. The number of carbonyl (C=O) groups is 1. The monoisotopic (exact) mass is 558 g/mol. The van der Waals surface area contributed by atoms with Crippen molar-refractivity contribution in [3.8, 4) is 6.07 Å². The molecule has 208 valence electrons. The minimum atomic E-state index is -4.76. The Bertz CT molecular complexity index is 1110. The maximum Gasteiger partial charge on any atom is 0.417 e. The highest BCUT2D eigenvalue weighted by Crippen LogP contribution is 2.41. The highest BCUT2D eigenvalue weighted by molar-refractivity contribution is 7.80. The molecule has 1 N–H and O–H groups in total. The zero-order chi connectivity index (χ0) is 27.9. The summed E-state index contributed by atoms with van der Waals surface area (Å²) in [5, 5.41) is 11.9. The van der Waals surface area contributed by atoms with Crippen LogP contribution in [-0.2, 0) is 15.7 Å². The molecule has 2 aliphatic heterocycles. The number of benzene rings is 1. The number of amides is 1. The van der Waals surface area contributed by atoms with Crippen LogP contribution in [0.25, 0.3) is 0 Å². The van der Waals surface area contributed by atoms with Gasteiger partial charge in [-0.2, -0.15) is 18.4 Å². The minimum absolute atomic E-state index is 0.0337. The third-order valence-corrected chi connectivity index (χ3v) is 8.25. The number of ether oxygens (including phenoxy) is 1. The lowest BCUT2D eigenvalue weighted by atomic mass is 9.89. The molecule has 1 unspecified atom stereocenters. The summed E-state index contributed by atoms with van der Waals surface area (Å²) in [5.41, 5.74) is -2.77. The summed E-state index contributed by atoms with van der Waals surface area (Å²) in [4.78, 5) is 16.3. The zero-order valence-electron chi connectivity index (χ0n) is 21.3. The number of anilines is 1. The van der Waals surface area contributed by atoms with Gasteiger partial charge in [-0.05, 0) is 89.3 Å². The fraction of sp³-hybridized carbons (Fsp3) is 0.654. The van der Waals surface area contributed by atoms with Gasteiger partial charge in [0.05, 0.1) is 35.5 Å². The van der Waals surface area contributed by atoms with Crippen molar-refractivity contribution in [2.45, 2.75) is 82.2 Å². The molecule has 3 fully saturated rings. The van der Waals surface area contributed by atoms with E-state index >= 15 is 0 Å². The molecule has 2 saturated heterocycles. The molecule has 0 bridgehead atoms. The maximum absolute atomic E-state index is 14.0. The molecule has 1 aromatic carbocycles. The number of rotatable bonds is 6. The fourth-order valence-corrected chi connectivity index (χ4v) is 6.31. The van der Waals surface area contributed by atoms with Crippen molar-refractivity contribution < 1.29 is 31.5 Å². The van der Waals surface area contributed by atoms with Gasteiger partial charge >= 0.3 is 6.18 Å². The molecule has 1 saturated carbocycles. The van der Waals surface area contributed by atoms with Gasteiger partial charge in [-0.3, -0.25) is 9.69 Å². The van der Waals surface area contributed by atoms with E-state index in [0.29, 0.717) is 45.1 Å². The molecule has 38 heavy (non-hydrogen) atoms. The highest BCUT2D eigenvalue weighted by Gasteiger charge is 2.52.